The van der Waals surface area contributed by atoms with Gasteiger partial charge in [0, 0.05) is 13.0 Å². The zero-order chi connectivity index (χ0) is 25.7. The van der Waals surface area contributed by atoms with Gasteiger partial charge in [-0.3, -0.25) is 14.4 Å². The second kappa shape index (κ2) is 11.0. The number of ether oxygens (including phenoxy) is 1. The summed E-state index contributed by atoms with van der Waals surface area (Å²) in [6.07, 6.45) is 1.36. The molecule has 1 aliphatic rings. The number of benzene rings is 1. The summed E-state index contributed by atoms with van der Waals surface area (Å²) in [5, 5.41) is 5.46. The summed E-state index contributed by atoms with van der Waals surface area (Å²) in [4.78, 5) is 52.9. The fourth-order valence-corrected chi connectivity index (χ4v) is 3.80. The molecular weight excluding hydrogens is 436 g/mol. The van der Waals surface area contributed by atoms with Gasteiger partial charge in [-0.05, 0) is 59.9 Å². The molecule has 0 saturated carbocycles. The summed E-state index contributed by atoms with van der Waals surface area (Å²) in [6.45, 7) is 10.4. The van der Waals surface area contributed by atoms with Crippen LogP contribution in [0.5, 0.6) is 0 Å². The number of likely N-dealkylation sites (tertiary alicyclic amines) is 1. The molecule has 188 valence electrons. The second-order valence-electron chi connectivity index (χ2n) is 10.3. The number of esters is 1. The van der Waals surface area contributed by atoms with E-state index in [1.54, 1.807) is 34.6 Å². The lowest BCUT2D eigenvalue weighted by Gasteiger charge is -2.34. The van der Waals surface area contributed by atoms with Crippen LogP contribution in [0.15, 0.2) is 30.3 Å². The number of carbonyl (C=O) groups is 4. The van der Waals surface area contributed by atoms with Crippen LogP contribution < -0.4 is 16.4 Å². The Kier molecular flexibility index (Phi) is 8.83. The van der Waals surface area contributed by atoms with Gasteiger partial charge in [-0.1, -0.05) is 30.3 Å². The molecule has 1 aromatic rings. The first-order valence-corrected chi connectivity index (χ1v) is 11.7. The molecule has 3 atom stereocenters. The van der Waals surface area contributed by atoms with Crippen molar-refractivity contribution in [1.29, 1.82) is 0 Å². The molecule has 0 bridgehead atoms. The molecule has 34 heavy (non-hydrogen) atoms. The maximum absolute atomic E-state index is 13.3. The zero-order valence-corrected chi connectivity index (χ0v) is 21.0. The zero-order valence-electron chi connectivity index (χ0n) is 21.0. The van der Waals surface area contributed by atoms with Gasteiger partial charge >= 0.3 is 5.97 Å². The highest BCUT2D eigenvalue weighted by Crippen LogP contribution is 2.22. The summed E-state index contributed by atoms with van der Waals surface area (Å²) in [5.74, 6) is -1.79. The van der Waals surface area contributed by atoms with E-state index >= 15 is 0 Å². The number of amides is 3. The molecule has 0 spiro atoms. The van der Waals surface area contributed by atoms with E-state index in [2.05, 4.69) is 10.6 Å². The number of nitrogens with one attached hydrogen (secondary N) is 2. The van der Waals surface area contributed by atoms with E-state index in [1.807, 2.05) is 30.3 Å². The molecule has 1 aliphatic heterocycles. The van der Waals surface area contributed by atoms with Crippen LogP contribution in [0, 0.1) is 0 Å². The minimum atomic E-state index is -1.23. The second-order valence-corrected chi connectivity index (χ2v) is 10.3. The van der Waals surface area contributed by atoms with Crippen LogP contribution in [0.4, 0.5) is 0 Å². The summed E-state index contributed by atoms with van der Waals surface area (Å²) >= 11 is 0. The average molecular weight is 475 g/mol. The Balaban J connectivity index is 2.18. The van der Waals surface area contributed by atoms with Crippen molar-refractivity contribution < 1.29 is 23.9 Å². The third-order valence-electron chi connectivity index (χ3n) is 5.49. The normalized spacial score (nSPS) is 18.1. The van der Waals surface area contributed by atoms with Crippen LogP contribution in [0.3, 0.4) is 0 Å². The Hall–Kier alpha value is -2.94. The molecule has 1 heterocycles. The third kappa shape index (κ3) is 7.55. The van der Waals surface area contributed by atoms with Crippen LogP contribution in [-0.2, 0) is 30.3 Å². The van der Waals surface area contributed by atoms with E-state index in [-0.39, 0.29) is 12.3 Å². The lowest BCUT2D eigenvalue weighted by molar-refractivity contribution is -0.159. The highest BCUT2D eigenvalue weighted by Gasteiger charge is 2.42. The van der Waals surface area contributed by atoms with E-state index in [0.29, 0.717) is 19.4 Å². The first-order chi connectivity index (χ1) is 15.7. The average Bonchev–Trinajstić information content (AvgIpc) is 3.21. The summed E-state index contributed by atoms with van der Waals surface area (Å²) in [6, 6.07) is 6.92. The Labute approximate surface area is 201 Å². The fourth-order valence-electron chi connectivity index (χ4n) is 3.80. The Morgan fingerprint density at radius 2 is 1.74 bits per heavy atom. The Morgan fingerprint density at radius 1 is 1.12 bits per heavy atom. The molecular formula is C25H38N4O5. The van der Waals surface area contributed by atoms with Crippen LogP contribution >= 0.6 is 0 Å². The minimum absolute atomic E-state index is 0.262. The summed E-state index contributed by atoms with van der Waals surface area (Å²) in [5.41, 5.74) is 4.54. The van der Waals surface area contributed by atoms with E-state index in [4.69, 9.17) is 10.5 Å². The van der Waals surface area contributed by atoms with Gasteiger partial charge in [-0.2, -0.15) is 0 Å². The van der Waals surface area contributed by atoms with Gasteiger partial charge in [0.15, 0.2) is 0 Å². The quantitative estimate of drug-likeness (QED) is 0.487. The highest BCUT2D eigenvalue weighted by atomic mass is 16.6. The molecule has 2 rings (SSSR count). The largest absolute Gasteiger partial charge is 0.458 e. The molecule has 0 aromatic heterocycles. The van der Waals surface area contributed by atoms with Gasteiger partial charge in [0.05, 0.1) is 6.04 Å². The third-order valence-corrected chi connectivity index (χ3v) is 5.49. The number of carbonyl (C=O) groups excluding carboxylic acids is 4. The number of hydrogen-bond acceptors (Lipinski definition) is 6. The van der Waals surface area contributed by atoms with Crippen molar-refractivity contribution in [2.24, 2.45) is 5.73 Å². The molecule has 1 saturated heterocycles. The van der Waals surface area contributed by atoms with E-state index in [9.17, 15) is 19.2 Å². The van der Waals surface area contributed by atoms with Crippen molar-refractivity contribution in [1.82, 2.24) is 15.5 Å². The molecule has 9 nitrogen and oxygen atoms in total. The molecule has 3 amide bonds. The lowest BCUT2D eigenvalue weighted by Crippen LogP contribution is -2.61. The molecule has 1 aromatic carbocycles. The smallest absolute Gasteiger partial charge is 0.329 e. The fraction of sp³-hybridized carbons (Fsp3) is 0.600. The van der Waals surface area contributed by atoms with Gasteiger partial charge in [-0.15, -0.1) is 0 Å². The minimum Gasteiger partial charge on any atom is -0.458 e. The monoisotopic (exact) mass is 474 g/mol. The van der Waals surface area contributed by atoms with Crippen molar-refractivity contribution in [3.8, 4) is 0 Å². The number of hydrogen-bond donors (Lipinski definition) is 3. The molecule has 9 heteroatoms. The maximum atomic E-state index is 13.3. The molecule has 1 fully saturated rings. The Morgan fingerprint density at radius 3 is 2.29 bits per heavy atom. The van der Waals surface area contributed by atoms with Gasteiger partial charge in [0.2, 0.25) is 17.7 Å². The molecule has 0 radical (unpaired) electrons. The lowest BCUT2D eigenvalue weighted by atomic mass is 10.0. The van der Waals surface area contributed by atoms with Crippen LogP contribution in [-0.4, -0.2) is 64.4 Å². The summed E-state index contributed by atoms with van der Waals surface area (Å²) < 4.78 is 5.54. The van der Waals surface area contributed by atoms with Crippen molar-refractivity contribution in [3.05, 3.63) is 35.9 Å². The standard InChI is InChI=1S/C25H38N4O5/c1-16(26)20(30)28-25(5,6)23(33)29-14-10-13-19(29)21(31)27-18(22(32)34-24(2,3)4)15-17-11-8-7-9-12-17/h7-9,11-12,16,18-19H,10,13-15,26H2,1-6H3,(H,27,31)(H,28,30)/t16-,18-,19-/m0/s1. The number of rotatable bonds is 8. The van der Waals surface area contributed by atoms with Crippen molar-refractivity contribution >= 4 is 23.7 Å². The maximum Gasteiger partial charge on any atom is 0.329 e. The van der Waals surface area contributed by atoms with Crippen LogP contribution in [0.25, 0.3) is 0 Å². The topological polar surface area (TPSA) is 131 Å². The predicted octanol–water partition coefficient (Wildman–Crippen LogP) is 1.29. The van der Waals surface area contributed by atoms with E-state index < -0.39 is 47.0 Å². The van der Waals surface area contributed by atoms with Gasteiger partial charge < -0.3 is 26.0 Å². The van der Waals surface area contributed by atoms with Crippen LogP contribution in [0.1, 0.15) is 59.9 Å². The van der Waals surface area contributed by atoms with E-state index in [1.165, 1.54) is 11.8 Å². The van der Waals surface area contributed by atoms with Gasteiger partial charge in [0.1, 0.15) is 23.2 Å². The molecule has 4 N–H and O–H groups in total. The highest BCUT2D eigenvalue weighted by molar-refractivity contribution is 5.96. The molecule has 0 aliphatic carbocycles. The van der Waals surface area contributed by atoms with Crippen LogP contribution in [0.2, 0.25) is 0 Å². The predicted molar refractivity (Wildman–Crippen MR) is 129 cm³/mol. The van der Waals surface area contributed by atoms with Crippen molar-refractivity contribution in [2.45, 2.75) is 90.1 Å². The summed E-state index contributed by atoms with van der Waals surface area (Å²) in [7, 11) is 0. The Bertz CT molecular complexity index is 892. The van der Waals surface area contributed by atoms with Gasteiger partial charge in [-0.25, -0.2) is 4.79 Å². The first kappa shape index (κ1) is 27.3. The number of nitrogens with two attached hydrogens (primary N) is 1. The van der Waals surface area contributed by atoms with E-state index in [0.717, 1.165) is 5.56 Å². The van der Waals surface area contributed by atoms with Crippen molar-refractivity contribution in [2.75, 3.05) is 6.54 Å². The SMILES string of the molecule is C[C@H](N)C(=O)NC(C)(C)C(=O)N1CCC[C@H]1C(=O)N[C@@H](Cc1ccccc1)C(=O)OC(C)(C)C. The van der Waals surface area contributed by atoms with Crippen molar-refractivity contribution in [3.63, 3.8) is 0 Å². The number of nitrogens with zero attached hydrogens (tertiary/aromatic N) is 1. The molecule has 0 unspecified atom stereocenters. The first-order valence-electron chi connectivity index (χ1n) is 11.7. The van der Waals surface area contributed by atoms with Gasteiger partial charge in [0.25, 0.3) is 0 Å².